The Hall–Kier alpha value is -2.69. The van der Waals surface area contributed by atoms with Gasteiger partial charge in [-0.15, -0.1) is 0 Å². The Bertz CT molecular complexity index is 632. The van der Waals surface area contributed by atoms with Crippen LogP contribution in [0.3, 0.4) is 0 Å². The molecule has 100 valence electrons. The van der Waals surface area contributed by atoms with Crippen LogP contribution in [0, 0.1) is 0 Å². The summed E-state index contributed by atoms with van der Waals surface area (Å²) in [5.74, 6) is 0. The highest BCUT2D eigenvalue weighted by atomic mass is 15.3. The van der Waals surface area contributed by atoms with E-state index in [9.17, 15) is 0 Å². The van der Waals surface area contributed by atoms with Gasteiger partial charge in [0.1, 0.15) is 6.33 Å². The van der Waals surface area contributed by atoms with Crippen LogP contribution in [-0.2, 0) is 13.1 Å². The molecule has 3 aromatic rings. The van der Waals surface area contributed by atoms with Crippen molar-refractivity contribution in [1.82, 2.24) is 19.7 Å². The molecule has 0 spiro atoms. The van der Waals surface area contributed by atoms with Gasteiger partial charge in [-0.25, -0.2) is 9.97 Å². The number of hydrogen-bond donors (Lipinski definition) is 1. The number of benzene rings is 1. The van der Waals surface area contributed by atoms with Crippen LogP contribution in [0.5, 0.6) is 0 Å². The quantitative estimate of drug-likeness (QED) is 0.769. The van der Waals surface area contributed by atoms with Crippen LogP contribution in [0.15, 0.2) is 61.4 Å². The maximum atomic E-state index is 4.20. The third-order valence-electron chi connectivity index (χ3n) is 2.97. The summed E-state index contributed by atoms with van der Waals surface area (Å²) in [4.78, 5) is 7.98. The van der Waals surface area contributed by atoms with Crippen molar-refractivity contribution in [3.63, 3.8) is 0 Å². The number of nitrogens with zero attached hydrogens (tertiary/aromatic N) is 4. The number of anilines is 1. The molecule has 20 heavy (non-hydrogen) atoms. The first-order valence-corrected chi connectivity index (χ1v) is 6.44. The zero-order valence-electron chi connectivity index (χ0n) is 11.0. The standard InChI is InChI=1S/C15H15N5/c1-6-19-20(7-1)11-13-2-4-15(5-3-13)18-10-14-8-16-12-17-9-14/h1-9,12,18H,10-11H2. The molecule has 0 saturated heterocycles. The van der Waals surface area contributed by atoms with Gasteiger partial charge in [0.15, 0.2) is 0 Å². The van der Waals surface area contributed by atoms with E-state index in [-0.39, 0.29) is 0 Å². The molecule has 0 atom stereocenters. The van der Waals surface area contributed by atoms with Gasteiger partial charge in [-0.3, -0.25) is 4.68 Å². The van der Waals surface area contributed by atoms with E-state index in [1.54, 1.807) is 6.20 Å². The second kappa shape index (κ2) is 5.97. The molecule has 5 nitrogen and oxygen atoms in total. The minimum atomic E-state index is 0.722. The van der Waals surface area contributed by atoms with Crippen LogP contribution in [0.2, 0.25) is 0 Å². The minimum absolute atomic E-state index is 0.722. The van der Waals surface area contributed by atoms with Gasteiger partial charge in [-0.1, -0.05) is 12.1 Å². The fraction of sp³-hybridized carbons (Fsp3) is 0.133. The van der Waals surface area contributed by atoms with Gasteiger partial charge in [0.05, 0.1) is 6.54 Å². The first-order valence-electron chi connectivity index (χ1n) is 6.44. The lowest BCUT2D eigenvalue weighted by molar-refractivity contribution is 0.687. The highest BCUT2D eigenvalue weighted by Crippen LogP contribution is 2.11. The Balaban J connectivity index is 1.59. The van der Waals surface area contributed by atoms with Crippen molar-refractivity contribution in [2.45, 2.75) is 13.1 Å². The van der Waals surface area contributed by atoms with E-state index in [4.69, 9.17) is 0 Å². The summed E-state index contributed by atoms with van der Waals surface area (Å²) in [6.07, 6.45) is 8.91. The van der Waals surface area contributed by atoms with Crippen LogP contribution in [0.4, 0.5) is 5.69 Å². The van der Waals surface area contributed by atoms with Gasteiger partial charge < -0.3 is 5.32 Å². The van der Waals surface area contributed by atoms with Gasteiger partial charge >= 0.3 is 0 Å². The summed E-state index contributed by atoms with van der Waals surface area (Å²) in [6.45, 7) is 1.51. The van der Waals surface area contributed by atoms with E-state index in [0.717, 1.165) is 24.3 Å². The molecule has 1 aromatic carbocycles. The van der Waals surface area contributed by atoms with Gasteiger partial charge in [0.2, 0.25) is 0 Å². The van der Waals surface area contributed by atoms with E-state index in [1.807, 2.05) is 29.3 Å². The summed E-state index contributed by atoms with van der Waals surface area (Å²) in [7, 11) is 0. The Labute approximate surface area is 117 Å². The fourth-order valence-corrected chi connectivity index (χ4v) is 1.93. The van der Waals surface area contributed by atoms with Crippen LogP contribution in [0.25, 0.3) is 0 Å². The van der Waals surface area contributed by atoms with Crippen molar-refractivity contribution in [1.29, 1.82) is 0 Å². The van der Waals surface area contributed by atoms with Crippen molar-refractivity contribution >= 4 is 5.69 Å². The molecule has 0 aliphatic rings. The molecule has 0 fully saturated rings. The summed E-state index contributed by atoms with van der Waals surface area (Å²) in [5.41, 5.74) is 3.37. The van der Waals surface area contributed by atoms with Crippen molar-refractivity contribution < 1.29 is 0 Å². The summed E-state index contributed by atoms with van der Waals surface area (Å²) < 4.78 is 1.91. The molecular weight excluding hydrogens is 250 g/mol. The predicted octanol–water partition coefficient (Wildman–Crippen LogP) is 2.33. The van der Waals surface area contributed by atoms with Crippen molar-refractivity contribution in [3.05, 3.63) is 72.6 Å². The predicted molar refractivity (Wildman–Crippen MR) is 77.1 cm³/mol. The zero-order valence-corrected chi connectivity index (χ0v) is 11.0. The van der Waals surface area contributed by atoms with Gasteiger partial charge in [0.25, 0.3) is 0 Å². The molecule has 5 heteroatoms. The Kier molecular flexibility index (Phi) is 3.68. The third kappa shape index (κ3) is 3.20. The number of hydrogen-bond acceptors (Lipinski definition) is 4. The lowest BCUT2D eigenvalue weighted by atomic mass is 10.2. The number of rotatable bonds is 5. The third-order valence-corrected chi connectivity index (χ3v) is 2.97. The highest BCUT2D eigenvalue weighted by Gasteiger charge is 1.97. The van der Waals surface area contributed by atoms with Crippen LogP contribution in [0.1, 0.15) is 11.1 Å². The van der Waals surface area contributed by atoms with Gasteiger partial charge in [-0.05, 0) is 23.8 Å². The average molecular weight is 265 g/mol. The molecule has 0 unspecified atom stereocenters. The second-order valence-corrected chi connectivity index (χ2v) is 4.50. The number of aromatic nitrogens is 4. The van der Waals surface area contributed by atoms with Gasteiger partial charge in [-0.2, -0.15) is 5.10 Å². The molecule has 0 amide bonds. The molecule has 2 aromatic heterocycles. The minimum Gasteiger partial charge on any atom is -0.381 e. The average Bonchev–Trinajstić information content (AvgIpc) is 3.01. The topological polar surface area (TPSA) is 55.6 Å². The molecule has 3 rings (SSSR count). The monoisotopic (exact) mass is 265 g/mol. The van der Waals surface area contributed by atoms with Crippen molar-refractivity contribution in [2.75, 3.05) is 5.32 Å². The summed E-state index contributed by atoms with van der Waals surface area (Å²) >= 11 is 0. The summed E-state index contributed by atoms with van der Waals surface area (Å²) in [5, 5.41) is 7.54. The Morgan fingerprint density at radius 2 is 1.80 bits per heavy atom. The van der Waals surface area contributed by atoms with Crippen LogP contribution >= 0.6 is 0 Å². The highest BCUT2D eigenvalue weighted by molar-refractivity contribution is 5.45. The lowest BCUT2D eigenvalue weighted by Gasteiger charge is -2.07. The van der Waals surface area contributed by atoms with E-state index in [1.165, 1.54) is 11.9 Å². The Morgan fingerprint density at radius 1 is 1.00 bits per heavy atom. The first kappa shape index (κ1) is 12.3. The van der Waals surface area contributed by atoms with Crippen molar-refractivity contribution in [3.8, 4) is 0 Å². The van der Waals surface area contributed by atoms with E-state index in [2.05, 4.69) is 44.6 Å². The lowest BCUT2D eigenvalue weighted by Crippen LogP contribution is -2.02. The first-order chi connectivity index (χ1) is 9.90. The molecule has 0 radical (unpaired) electrons. The Morgan fingerprint density at radius 3 is 2.50 bits per heavy atom. The summed E-state index contributed by atoms with van der Waals surface area (Å²) in [6, 6.07) is 10.3. The smallest absolute Gasteiger partial charge is 0.115 e. The molecule has 0 aliphatic carbocycles. The molecule has 0 aliphatic heterocycles. The normalized spacial score (nSPS) is 10.4. The maximum absolute atomic E-state index is 4.20. The maximum Gasteiger partial charge on any atom is 0.115 e. The molecule has 0 saturated carbocycles. The number of nitrogens with one attached hydrogen (secondary N) is 1. The van der Waals surface area contributed by atoms with E-state index < -0.39 is 0 Å². The molecule has 1 N–H and O–H groups in total. The molecule has 0 bridgehead atoms. The zero-order chi connectivity index (χ0) is 13.6. The fourth-order valence-electron chi connectivity index (χ4n) is 1.93. The SMILES string of the molecule is c1cnn(Cc2ccc(NCc3cncnc3)cc2)c1. The van der Waals surface area contributed by atoms with E-state index in [0.29, 0.717) is 0 Å². The molecule has 2 heterocycles. The molecular formula is C15H15N5. The van der Waals surface area contributed by atoms with E-state index >= 15 is 0 Å². The van der Waals surface area contributed by atoms with Crippen molar-refractivity contribution in [2.24, 2.45) is 0 Å². The second-order valence-electron chi connectivity index (χ2n) is 4.50. The van der Waals surface area contributed by atoms with Crippen LogP contribution in [-0.4, -0.2) is 19.7 Å². The van der Waals surface area contributed by atoms with Gasteiger partial charge in [0, 0.05) is 42.6 Å². The largest absolute Gasteiger partial charge is 0.381 e. The van der Waals surface area contributed by atoms with Crippen LogP contribution < -0.4 is 5.32 Å².